The van der Waals surface area contributed by atoms with E-state index in [2.05, 4.69) is 26.2 Å². The molecule has 262 valence electrons. The molecular formula is C36H52N6O6. The fraction of sp³-hybridized carbons (Fsp3) is 0.528. The van der Waals surface area contributed by atoms with Crippen LogP contribution in [0.15, 0.2) is 54.6 Å². The van der Waals surface area contributed by atoms with Crippen LogP contribution in [0.3, 0.4) is 0 Å². The minimum atomic E-state index is -1.20. The van der Waals surface area contributed by atoms with E-state index >= 15 is 0 Å². The van der Waals surface area contributed by atoms with Gasteiger partial charge in [0.1, 0.15) is 23.9 Å². The summed E-state index contributed by atoms with van der Waals surface area (Å²) in [5, 5.41) is 11.4. The number of para-hydroxylation sites is 1. The largest absolute Gasteiger partial charge is 0.493 e. The van der Waals surface area contributed by atoms with Crippen LogP contribution in [0.4, 0.5) is 0 Å². The second kappa shape index (κ2) is 19.4. The second-order valence-electron chi connectivity index (χ2n) is 12.9. The van der Waals surface area contributed by atoms with Crippen LogP contribution in [0.25, 0.3) is 0 Å². The molecule has 0 fully saturated rings. The molecule has 12 nitrogen and oxygen atoms in total. The minimum Gasteiger partial charge on any atom is -0.493 e. The molecule has 0 saturated carbocycles. The Balaban J connectivity index is 1.92. The number of nitrogens with one attached hydrogen (secondary N) is 4. The Labute approximate surface area is 284 Å². The number of likely N-dealkylation sites (N-methyl/N-ethyl adjacent to an activating group) is 1. The number of fused-ring (bicyclic) bond motifs is 1. The number of carbonyl (C=O) groups is 5. The number of unbranched alkanes of at least 4 members (excludes halogenated alkanes) is 1. The highest BCUT2D eigenvalue weighted by Gasteiger charge is 2.34. The van der Waals surface area contributed by atoms with Gasteiger partial charge < -0.3 is 35.8 Å². The van der Waals surface area contributed by atoms with Gasteiger partial charge in [-0.1, -0.05) is 56.3 Å². The lowest BCUT2D eigenvalue weighted by atomic mass is 9.99. The van der Waals surface area contributed by atoms with Gasteiger partial charge in [0.05, 0.1) is 18.6 Å². The van der Waals surface area contributed by atoms with Crippen LogP contribution in [0.2, 0.25) is 0 Å². The molecule has 3 rings (SSSR count). The van der Waals surface area contributed by atoms with Crippen LogP contribution in [-0.2, 0) is 25.6 Å². The van der Waals surface area contributed by atoms with Gasteiger partial charge in [-0.3, -0.25) is 24.0 Å². The third-order valence-corrected chi connectivity index (χ3v) is 8.12. The maximum absolute atomic E-state index is 13.8. The minimum absolute atomic E-state index is 0.0349. The van der Waals surface area contributed by atoms with E-state index in [1.54, 1.807) is 24.3 Å². The molecule has 1 aliphatic rings. The second-order valence-corrected chi connectivity index (χ2v) is 12.9. The zero-order chi connectivity index (χ0) is 35.1. The predicted octanol–water partition coefficient (Wildman–Crippen LogP) is 2.13. The van der Waals surface area contributed by atoms with Crippen LogP contribution in [-0.4, -0.2) is 105 Å². The number of hydrogen-bond acceptors (Lipinski definition) is 7. The Morgan fingerprint density at radius 2 is 1.69 bits per heavy atom. The van der Waals surface area contributed by atoms with E-state index in [1.807, 2.05) is 58.3 Å². The molecule has 0 aliphatic carbocycles. The van der Waals surface area contributed by atoms with Gasteiger partial charge in [0, 0.05) is 26.6 Å². The Kier molecular flexibility index (Phi) is 15.4. The van der Waals surface area contributed by atoms with E-state index in [-0.39, 0.29) is 43.4 Å². The van der Waals surface area contributed by atoms with E-state index in [9.17, 15) is 24.0 Å². The summed E-state index contributed by atoms with van der Waals surface area (Å²) in [6.45, 7) is 5.61. The summed E-state index contributed by atoms with van der Waals surface area (Å²) in [6, 6.07) is 13.1. The fourth-order valence-corrected chi connectivity index (χ4v) is 5.41. The summed E-state index contributed by atoms with van der Waals surface area (Å²) in [5.74, 6) is -2.03. The van der Waals surface area contributed by atoms with E-state index in [4.69, 9.17) is 4.74 Å². The quantitative estimate of drug-likeness (QED) is 0.285. The molecule has 48 heavy (non-hydrogen) atoms. The third kappa shape index (κ3) is 12.3. The molecule has 0 unspecified atom stereocenters. The lowest BCUT2D eigenvalue weighted by molar-refractivity contribution is -0.141. The van der Waals surface area contributed by atoms with Crippen molar-refractivity contribution in [3.8, 4) is 5.75 Å². The number of rotatable bonds is 10. The average Bonchev–Trinajstić information content (AvgIpc) is 3.05. The number of amides is 5. The van der Waals surface area contributed by atoms with Crippen molar-refractivity contribution in [1.82, 2.24) is 31.1 Å². The van der Waals surface area contributed by atoms with Gasteiger partial charge in [-0.25, -0.2) is 0 Å². The molecule has 2 aromatic carbocycles. The monoisotopic (exact) mass is 664 g/mol. The Bertz CT molecular complexity index is 1370. The van der Waals surface area contributed by atoms with Crippen molar-refractivity contribution in [2.75, 3.05) is 47.4 Å². The number of nitrogens with zero attached hydrogens (tertiary/aromatic N) is 2. The van der Waals surface area contributed by atoms with Crippen molar-refractivity contribution in [2.45, 2.75) is 70.5 Å². The van der Waals surface area contributed by atoms with Crippen LogP contribution in [0.1, 0.15) is 61.9 Å². The molecular weight excluding hydrogens is 612 g/mol. The predicted molar refractivity (Wildman–Crippen MR) is 184 cm³/mol. The molecule has 1 aliphatic heterocycles. The van der Waals surface area contributed by atoms with Crippen LogP contribution in [0, 0.1) is 5.92 Å². The summed E-state index contributed by atoms with van der Waals surface area (Å²) in [5.41, 5.74) is 1.09. The highest BCUT2D eigenvalue weighted by molar-refractivity contribution is 6.01. The van der Waals surface area contributed by atoms with E-state index in [1.165, 1.54) is 11.9 Å². The van der Waals surface area contributed by atoms with Crippen molar-refractivity contribution >= 4 is 29.5 Å². The fourth-order valence-electron chi connectivity index (χ4n) is 5.41. The van der Waals surface area contributed by atoms with Crippen molar-refractivity contribution < 1.29 is 28.7 Å². The summed E-state index contributed by atoms with van der Waals surface area (Å²) in [7, 11) is 5.47. The van der Waals surface area contributed by atoms with Crippen molar-refractivity contribution in [2.24, 2.45) is 5.92 Å². The third-order valence-electron chi connectivity index (χ3n) is 8.12. The van der Waals surface area contributed by atoms with Gasteiger partial charge in [0.25, 0.3) is 5.91 Å². The molecule has 2 aromatic rings. The molecule has 0 saturated heterocycles. The smallest absolute Gasteiger partial charge is 0.255 e. The molecule has 12 heteroatoms. The summed E-state index contributed by atoms with van der Waals surface area (Å²) in [4.78, 5) is 71.4. The zero-order valence-corrected chi connectivity index (χ0v) is 28.9. The van der Waals surface area contributed by atoms with Crippen molar-refractivity contribution in [3.63, 3.8) is 0 Å². The Morgan fingerprint density at radius 1 is 0.979 bits per heavy atom. The molecule has 4 N–H and O–H groups in total. The van der Waals surface area contributed by atoms with Crippen LogP contribution < -0.4 is 26.0 Å². The summed E-state index contributed by atoms with van der Waals surface area (Å²) >= 11 is 0. The first-order valence-corrected chi connectivity index (χ1v) is 16.8. The number of ether oxygens (including phenoxy) is 1. The first-order valence-electron chi connectivity index (χ1n) is 16.8. The maximum atomic E-state index is 13.8. The molecule has 0 aromatic heterocycles. The summed E-state index contributed by atoms with van der Waals surface area (Å²) in [6.07, 6.45) is 2.25. The standard InChI is InChI=1S/C36H52N6O6/c1-25(2)22-30-36(47)40-28(23-26-14-7-6-8-15-26)34(45)38-19-13-21-48-31-17-10-9-16-27(31)33(44)39-29(24-32(43)42(30)5)35(46)37-18-11-12-20-41(3)4/h6-10,14-17,25,28-30H,11-13,18-24H2,1-5H3,(H,37,46)(H,38,45)(H,39,44)(H,40,47)/t28-,29-,30-/m0/s1. The van der Waals surface area contributed by atoms with Gasteiger partial charge in [-0.2, -0.15) is 0 Å². The average molecular weight is 665 g/mol. The van der Waals surface area contributed by atoms with Crippen molar-refractivity contribution in [1.29, 1.82) is 0 Å². The van der Waals surface area contributed by atoms with Crippen LogP contribution in [0.5, 0.6) is 5.75 Å². The molecule has 1 heterocycles. The SMILES string of the molecule is CC(C)C[C@H]1C(=O)N[C@@H](Cc2ccccc2)C(=O)NCCCOc2ccccc2C(=O)N[C@H](C(=O)NCCCCN(C)C)CC(=O)N1C. The van der Waals surface area contributed by atoms with E-state index in [0.29, 0.717) is 25.1 Å². The van der Waals surface area contributed by atoms with Gasteiger partial charge in [-0.15, -0.1) is 0 Å². The number of benzene rings is 2. The summed E-state index contributed by atoms with van der Waals surface area (Å²) < 4.78 is 5.91. The van der Waals surface area contributed by atoms with Gasteiger partial charge in [-0.05, 0) is 69.9 Å². The lowest BCUT2D eigenvalue weighted by Crippen LogP contribution is -2.56. The molecule has 0 bridgehead atoms. The van der Waals surface area contributed by atoms with Gasteiger partial charge in [0.2, 0.25) is 23.6 Å². The Hall–Kier alpha value is -4.45. The van der Waals surface area contributed by atoms with Gasteiger partial charge >= 0.3 is 0 Å². The highest BCUT2D eigenvalue weighted by atomic mass is 16.5. The Morgan fingerprint density at radius 3 is 2.40 bits per heavy atom. The topological polar surface area (TPSA) is 149 Å². The normalized spacial score (nSPS) is 20.1. The first kappa shape index (κ1) is 38.0. The van der Waals surface area contributed by atoms with E-state index in [0.717, 1.165) is 24.9 Å². The zero-order valence-electron chi connectivity index (χ0n) is 28.9. The molecule has 0 radical (unpaired) electrons. The highest BCUT2D eigenvalue weighted by Crippen LogP contribution is 2.19. The van der Waals surface area contributed by atoms with E-state index < -0.39 is 41.8 Å². The molecule has 3 atom stereocenters. The number of carbonyl (C=O) groups excluding carboxylic acids is 5. The number of hydrogen-bond donors (Lipinski definition) is 4. The van der Waals surface area contributed by atoms with Crippen molar-refractivity contribution in [3.05, 3.63) is 65.7 Å². The van der Waals surface area contributed by atoms with Crippen LogP contribution >= 0.6 is 0 Å². The first-order chi connectivity index (χ1) is 23.0. The molecule has 5 amide bonds. The van der Waals surface area contributed by atoms with Gasteiger partial charge in [0.15, 0.2) is 0 Å². The molecule has 0 spiro atoms. The maximum Gasteiger partial charge on any atom is 0.255 e. The lowest BCUT2D eigenvalue weighted by Gasteiger charge is -2.31.